The van der Waals surface area contributed by atoms with Crippen LogP contribution in [0.3, 0.4) is 0 Å². The standard InChI is InChI=1S/C22H25N5O2.ClH/c1-25-11-16-12-27(13-18(16)21(25)14-4-6-17(29-3)7-5-14)22(28)15-8-20-19(23-9-15)10-24-26(20)2;/h4-10,16,18,21H,11-13H2,1-3H3;1H/t16-,18+,21+;/m0./s1. The second kappa shape index (κ2) is 7.89. The molecular weight excluding hydrogens is 402 g/mol. The number of rotatable bonds is 3. The van der Waals surface area contributed by atoms with E-state index in [2.05, 4.69) is 34.2 Å². The molecule has 0 saturated carbocycles. The SMILES string of the molecule is COc1ccc([C@@H]2[C@@H]3CN(C(=O)c4cnc5cnn(C)c5c4)C[C@@H]3CN2C)cc1.Cl. The van der Waals surface area contributed by atoms with Gasteiger partial charge < -0.3 is 9.64 Å². The number of likely N-dealkylation sites (tertiary alicyclic amines) is 2. The van der Waals surface area contributed by atoms with E-state index in [1.807, 2.05) is 30.1 Å². The van der Waals surface area contributed by atoms with Gasteiger partial charge in [0.25, 0.3) is 5.91 Å². The normalized spacial score (nSPS) is 23.4. The molecule has 1 amide bonds. The zero-order valence-corrected chi connectivity index (χ0v) is 18.2. The van der Waals surface area contributed by atoms with Gasteiger partial charge in [-0.3, -0.25) is 19.4 Å². The molecule has 2 aliphatic heterocycles. The number of benzene rings is 1. The van der Waals surface area contributed by atoms with Crippen LogP contribution in [0.2, 0.25) is 0 Å². The number of aromatic nitrogens is 3. The van der Waals surface area contributed by atoms with Gasteiger partial charge >= 0.3 is 0 Å². The van der Waals surface area contributed by atoms with Crippen LogP contribution in [-0.2, 0) is 7.05 Å². The van der Waals surface area contributed by atoms with E-state index in [1.54, 1.807) is 24.2 Å². The average molecular weight is 428 g/mol. The summed E-state index contributed by atoms with van der Waals surface area (Å²) >= 11 is 0. The lowest BCUT2D eigenvalue weighted by molar-refractivity contribution is 0.0767. The van der Waals surface area contributed by atoms with Crippen molar-refractivity contribution < 1.29 is 9.53 Å². The maximum absolute atomic E-state index is 13.2. The molecular formula is C22H26ClN5O2. The summed E-state index contributed by atoms with van der Waals surface area (Å²) in [6.07, 6.45) is 3.40. The fourth-order valence-corrected chi connectivity index (χ4v) is 5.05. The molecule has 2 aromatic heterocycles. The van der Waals surface area contributed by atoms with Gasteiger partial charge in [0.15, 0.2) is 0 Å². The number of fused-ring (bicyclic) bond motifs is 2. The molecule has 2 saturated heterocycles. The van der Waals surface area contributed by atoms with Gasteiger partial charge in [0.2, 0.25) is 0 Å². The molecule has 0 spiro atoms. The maximum atomic E-state index is 13.2. The van der Waals surface area contributed by atoms with Crippen LogP contribution in [0.15, 0.2) is 42.7 Å². The van der Waals surface area contributed by atoms with Crippen LogP contribution in [0.25, 0.3) is 11.0 Å². The fraction of sp³-hybridized carbons (Fsp3) is 0.409. The Morgan fingerprint density at radius 3 is 2.60 bits per heavy atom. The highest BCUT2D eigenvalue weighted by atomic mass is 35.5. The van der Waals surface area contributed by atoms with Crippen molar-refractivity contribution in [2.24, 2.45) is 18.9 Å². The Labute approximate surface area is 182 Å². The highest BCUT2D eigenvalue weighted by Crippen LogP contribution is 2.44. The fourth-order valence-electron chi connectivity index (χ4n) is 5.05. The molecule has 0 bridgehead atoms. The molecule has 2 fully saturated rings. The molecule has 4 heterocycles. The Kier molecular flexibility index (Phi) is 5.42. The zero-order chi connectivity index (χ0) is 20.1. The first-order chi connectivity index (χ1) is 14.0. The van der Waals surface area contributed by atoms with Gasteiger partial charge in [-0.1, -0.05) is 12.1 Å². The predicted octanol–water partition coefficient (Wildman–Crippen LogP) is 2.77. The van der Waals surface area contributed by atoms with Gasteiger partial charge in [-0.15, -0.1) is 12.4 Å². The van der Waals surface area contributed by atoms with Crippen LogP contribution in [-0.4, -0.2) is 64.3 Å². The number of halogens is 1. The van der Waals surface area contributed by atoms with E-state index < -0.39 is 0 Å². The third-order valence-electron chi connectivity index (χ3n) is 6.49. The van der Waals surface area contributed by atoms with Crippen LogP contribution in [0, 0.1) is 11.8 Å². The first kappa shape index (κ1) is 20.6. The minimum atomic E-state index is 0. The number of carbonyl (C=O) groups is 1. The van der Waals surface area contributed by atoms with E-state index in [9.17, 15) is 4.79 Å². The molecule has 30 heavy (non-hydrogen) atoms. The summed E-state index contributed by atoms with van der Waals surface area (Å²) in [5.74, 6) is 1.86. The van der Waals surface area contributed by atoms with Crippen molar-refractivity contribution in [3.05, 3.63) is 53.9 Å². The number of amides is 1. The maximum Gasteiger partial charge on any atom is 0.255 e. The topological polar surface area (TPSA) is 63.5 Å². The number of carbonyl (C=O) groups excluding carboxylic acids is 1. The van der Waals surface area contributed by atoms with E-state index in [0.29, 0.717) is 23.4 Å². The highest BCUT2D eigenvalue weighted by Gasteiger charge is 2.47. The minimum Gasteiger partial charge on any atom is -0.497 e. The van der Waals surface area contributed by atoms with Crippen molar-refractivity contribution in [2.45, 2.75) is 6.04 Å². The monoisotopic (exact) mass is 427 g/mol. The van der Waals surface area contributed by atoms with Gasteiger partial charge in [0.05, 0.1) is 24.4 Å². The smallest absolute Gasteiger partial charge is 0.255 e. The van der Waals surface area contributed by atoms with Crippen molar-refractivity contribution in [3.63, 3.8) is 0 Å². The summed E-state index contributed by atoms with van der Waals surface area (Å²) in [6.45, 7) is 2.57. The second-order valence-corrected chi connectivity index (χ2v) is 8.19. The average Bonchev–Trinajstić information content (AvgIpc) is 3.40. The van der Waals surface area contributed by atoms with Crippen LogP contribution < -0.4 is 4.74 Å². The molecule has 0 aliphatic carbocycles. The Morgan fingerprint density at radius 2 is 1.87 bits per heavy atom. The van der Waals surface area contributed by atoms with Crippen molar-refractivity contribution in [1.29, 1.82) is 0 Å². The minimum absolute atomic E-state index is 0. The Morgan fingerprint density at radius 1 is 1.10 bits per heavy atom. The van der Waals surface area contributed by atoms with Gasteiger partial charge in [-0.05, 0) is 36.7 Å². The molecule has 5 rings (SSSR count). The van der Waals surface area contributed by atoms with Gasteiger partial charge in [-0.25, -0.2) is 0 Å². The first-order valence-corrected chi connectivity index (χ1v) is 9.96. The van der Waals surface area contributed by atoms with Crippen molar-refractivity contribution in [1.82, 2.24) is 24.6 Å². The van der Waals surface area contributed by atoms with Crippen LogP contribution in [0.4, 0.5) is 0 Å². The molecule has 0 unspecified atom stereocenters. The molecule has 7 nitrogen and oxygen atoms in total. The molecule has 158 valence electrons. The summed E-state index contributed by atoms with van der Waals surface area (Å²) < 4.78 is 7.05. The molecule has 2 aliphatic rings. The summed E-state index contributed by atoms with van der Waals surface area (Å²) in [7, 11) is 5.73. The van der Waals surface area contributed by atoms with Crippen LogP contribution in [0.1, 0.15) is 22.0 Å². The molecule has 1 aromatic carbocycles. The van der Waals surface area contributed by atoms with E-state index in [4.69, 9.17) is 4.74 Å². The largest absolute Gasteiger partial charge is 0.497 e. The molecule has 3 atom stereocenters. The van der Waals surface area contributed by atoms with Crippen molar-refractivity contribution in [3.8, 4) is 5.75 Å². The zero-order valence-electron chi connectivity index (χ0n) is 17.4. The van der Waals surface area contributed by atoms with E-state index in [1.165, 1.54) is 5.56 Å². The van der Waals surface area contributed by atoms with Crippen LogP contribution >= 0.6 is 12.4 Å². The van der Waals surface area contributed by atoms with Gasteiger partial charge in [0, 0.05) is 44.8 Å². The molecule has 8 heteroatoms. The summed E-state index contributed by atoms with van der Waals surface area (Å²) in [5, 5.41) is 4.22. The molecule has 3 aromatic rings. The Balaban J connectivity index is 0.00000218. The number of ether oxygens (including phenoxy) is 1. The summed E-state index contributed by atoms with van der Waals surface area (Å²) in [4.78, 5) is 22.0. The lowest BCUT2D eigenvalue weighted by Crippen LogP contribution is -2.33. The lowest BCUT2D eigenvalue weighted by Gasteiger charge is -2.27. The number of methoxy groups -OCH3 is 1. The first-order valence-electron chi connectivity index (χ1n) is 9.96. The predicted molar refractivity (Wildman–Crippen MR) is 117 cm³/mol. The number of hydrogen-bond donors (Lipinski definition) is 0. The Bertz CT molecular complexity index is 1070. The summed E-state index contributed by atoms with van der Waals surface area (Å²) in [6, 6.07) is 10.5. The lowest BCUT2D eigenvalue weighted by atomic mass is 9.89. The van der Waals surface area contributed by atoms with Crippen LogP contribution in [0.5, 0.6) is 5.75 Å². The number of hydrogen-bond acceptors (Lipinski definition) is 5. The van der Waals surface area contributed by atoms with Gasteiger partial charge in [-0.2, -0.15) is 5.10 Å². The van der Waals surface area contributed by atoms with Crippen molar-refractivity contribution >= 4 is 29.3 Å². The van der Waals surface area contributed by atoms with Gasteiger partial charge in [0.1, 0.15) is 11.3 Å². The number of nitrogens with zero attached hydrogens (tertiary/aromatic N) is 5. The molecule has 0 radical (unpaired) electrons. The van der Waals surface area contributed by atoms with E-state index >= 15 is 0 Å². The number of aryl methyl sites for hydroxylation is 1. The molecule has 0 N–H and O–H groups in total. The van der Waals surface area contributed by atoms with Crippen molar-refractivity contribution in [2.75, 3.05) is 33.8 Å². The quantitative estimate of drug-likeness (QED) is 0.643. The highest BCUT2D eigenvalue weighted by molar-refractivity contribution is 5.96. The summed E-state index contributed by atoms with van der Waals surface area (Å²) in [5.41, 5.74) is 3.61. The third-order valence-corrected chi connectivity index (χ3v) is 6.49. The Hall–Kier alpha value is -2.64. The van der Waals surface area contributed by atoms with E-state index in [0.717, 1.165) is 36.4 Å². The second-order valence-electron chi connectivity index (χ2n) is 8.19. The van der Waals surface area contributed by atoms with E-state index in [-0.39, 0.29) is 18.3 Å². The third kappa shape index (κ3) is 3.32. The number of pyridine rings is 1.